The van der Waals surface area contributed by atoms with Gasteiger partial charge in [-0.25, -0.2) is 4.98 Å². The van der Waals surface area contributed by atoms with Crippen LogP contribution in [0.1, 0.15) is 29.6 Å². The maximum absolute atomic E-state index is 10.9. The summed E-state index contributed by atoms with van der Waals surface area (Å²) in [4.78, 5) is 17.5. The molecule has 0 aliphatic carbocycles. The summed E-state index contributed by atoms with van der Waals surface area (Å²) in [6, 6.07) is 0.302. The highest BCUT2D eigenvalue weighted by Gasteiger charge is 2.28. The highest BCUT2D eigenvalue weighted by Crippen LogP contribution is 2.33. The monoisotopic (exact) mass is 225 g/mol. The lowest BCUT2D eigenvalue weighted by Crippen LogP contribution is -2.33. The minimum Gasteiger partial charge on any atom is -0.369 e. The average Bonchev–Trinajstić information content (AvgIpc) is 2.72. The van der Waals surface area contributed by atoms with Gasteiger partial charge in [0.25, 0.3) is 0 Å². The standard InChI is InChI=1S/C10H15N3OS/c1-7-6-15-10(12-7)8-3-2-4-13(8)5-9(11)14/h6,8H,2-5H2,1H3,(H2,11,14). The zero-order valence-corrected chi connectivity index (χ0v) is 9.59. The third-order valence-corrected chi connectivity index (χ3v) is 3.71. The molecular weight excluding hydrogens is 210 g/mol. The largest absolute Gasteiger partial charge is 0.369 e. The van der Waals surface area contributed by atoms with Gasteiger partial charge in [0.15, 0.2) is 0 Å². The van der Waals surface area contributed by atoms with E-state index in [1.165, 1.54) is 0 Å². The summed E-state index contributed by atoms with van der Waals surface area (Å²) in [5, 5.41) is 3.17. The van der Waals surface area contributed by atoms with Gasteiger partial charge in [-0.2, -0.15) is 0 Å². The molecule has 1 aliphatic heterocycles. The molecule has 1 fully saturated rings. The Morgan fingerprint density at radius 3 is 3.20 bits per heavy atom. The molecule has 2 heterocycles. The summed E-state index contributed by atoms with van der Waals surface area (Å²) >= 11 is 1.67. The lowest BCUT2D eigenvalue weighted by Gasteiger charge is -2.20. The Labute approximate surface area is 93.1 Å². The van der Waals surface area contributed by atoms with E-state index in [2.05, 4.69) is 15.3 Å². The highest BCUT2D eigenvalue weighted by molar-refractivity contribution is 7.09. The zero-order valence-electron chi connectivity index (χ0n) is 8.77. The molecule has 0 radical (unpaired) electrons. The van der Waals surface area contributed by atoms with E-state index in [0.717, 1.165) is 30.1 Å². The summed E-state index contributed by atoms with van der Waals surface area (Å²) in [7, 11) is 0. The Morgan fingerprint density at radius 2 is 2.60 bits per heavy atom. The smallest absolute Gasteiger partial charge is 0.231 e. The van der Waals surface area contributed by atoms with E-state index in [9.17, 15) is 4.79 Å². The van der Waals surface area contributed by atoms with Gasteiger partial charge in [-0.3, -0.25) is 9.69 Å². The van der Waals surface area contributed by atoms with Crippen molar-refractivity contribution in [2.24, 2.45) is 5.73 Å². The number of hydrogen-bond donors (Lipinski definition) is 1. The Balaban J connectivity index is 2.10. The number of amides is 1. The van der Waals surface area contributed by atoms with Gasteiger partial charge in [0.05, 0.1) is 12.6 Å². The van der Waals surface area contributed by atoms with Gasteiger partial charge in [0.1, 0.15) is 5.01 Å². The number of thiazole rings is 1. The molecule has 15 heavy (non-hydrogen) atoms. The van der Waals surface area contributed by atoms with Crippen molar-refractivity contribution in [2.75, 3.05) is 13.1 Å². The molecule has 4 nitrogen and oxygen atoms in total. The SMILES string of the molecule is Cc1csc(C2CCCN2CC(N)=O)n1. The van der Waals surface area contributed by atoms with Crippen LogP contribution in [-0.4, -0.2) is 28.9 Å². The first kappa shape index (κ1) is 10.6. The number of aryl methyl sites for hydroxylation is 1. The minimum absolute atomic E-state index is 0.254. The lowest BCUT2D eigenvalue weighted by atomic mass is 10.2. The molecule has 1 saturated heterocycles. The van der Waals surface area contributed by atoms with Crippen molar-refractivity contribution in [3.63, 3.8) is 0 Å². The van der Waals surface area contributed by atoms with Gasteiger partial charge >= 0.3 is 0 Å². The number of carbonyl (C=O) groups excluding carboxylic acids is 1. The normalized spacial score (nSPS) is 22.1. The van der Waals surface area contributed by atoms with Gasteiger partial charge in [-0.1, -0.05) is 0 Å². The zero-order chi connectivity index (χ0) is 10.8. The molecule has 0 aromatic carbocycles. The number of likely N-dealkylation sites (tertiary alicyclic amines) is 1. The second kappa shape index (κ2) is 4.28. The third-order valence-electron chi connectivity index (χ3n) is 2.64. The number of aromatic nitrogens is 1. The van der Waals surface area contributed by atoms with Crippen LogP contribution in [0, 0.1) is 6.92 Å². The number of rotatable bonds is 3. The number of primary amides is 1. The fraction of sp³-hybridized carbons (Fsp3) is 0.600. The fourth-order valence-electron chi connectivity index (χ4n) is 2.02. The molecule has 1 aromatic heterocycles. The topological polar surface area (TPSA) is 59.2 Å². The maximum Gasteiger partial charge on any atom is 0.231 e. The molecule has 82 valence electrons. The van der Waals surface area contributed by atoms with Crippen molar-refractivity contribution in [1.29, 1.82) is 0 Å². The van der Waals surface area contributed by atoms with E-state index in [1.54, 1.807) is 11.3 Å². The van der Waals surface area contributed by atoms with E-state index in [1.807, 2.05) is 6.92 Å². The first-order valence-electron chi connectivity index (χ1n) is 5.11. The molecule has 1 amide bonds. The van der Waals surface area contributed by atoms with Gasteiger partial charge in [-0.15, -0.1) is 11.3 Å². The van der Waals surface area contributed by atoms with Crippen LogP contribution >= 0.6 is 11.3 Å². The van der Waals surface area contributed by atoms with Crippen LogP contribution in [0.5, 0.6) is 0 Å². The van der Waals surface area contributed by atoms with Crippen molar-refractivity contribution < 1.29 is 4.79 Å². The van der Waals surface area contributed by atoms with Gasteiger partial charge in [-0.05, 0) is 26.3 Å². The van der Waals surface area contributed by atoms with Gasteiger partial charge in [0.2, 0.25) is 5.91 Å². The lowest BCUT2D eigenvalue weighted by molar-refractivity contribution is -0.119. The summed E-state index contributed by atoms with van der Waals surface area (Å²) in [6.07, 6.45) is 2.21. The summed E-state index contributed by atoms with van der Waals surface area (Å²) in [6.45, 7) is 3.29. The van der Waals surface area contributed by atoms with E-state index in [4.69, 9.17) is 5.73 Å². The number of carbonyl (C=O) groups is 1. The second-order valence-electron chi connectivity index (χ2n) is 3.92. The quantitative estimate of drug-likeness (QED) is 0.837. The van der Waals surface area contributed by atoms with Crippen LogP contribution in [0.15, 0.2) is 5.38 Å². The minimum atomic E-state index is -0.254. The molecule has 1 aromatic rings. The number of nitrogens with two attached hydrogens (primary N) is 1. The molecule has 2 rings (SSSR count). The summed E-state index contributed by atoms with van der Waals surface area (Å²) < 4.78 is 0. The van der Waals surface area contributed by atoms with Crippen molar-refractivity contribution in [3.8, 4) is 0 Å². The number of nitrogens with zero attached hydrogens (tertiary/aromatic N) is 2. The van der Waals surface area contributed by atoms with E-state index >= 15 is 0 Å². The summed E-state index contributed by atoms with van der Waals surface area (Å²) in [5.41, 5.74) is 6.28. The average molecular weight is 225 g/mol. The molecule has 1 unspecified atom stereocenters. The van der Waals surface area contributed by atoms with Crippen molar-refractivity contribution in [3.05, 3.63) is 16.1 Å². The predicted octanol–water partition coefficient (Wildman–Crippen LogP) is 1.07. The van der Waals surface area contributed by atoms with Crippen LogP contribution < -0.4 is 5.73 Å². The molecule has 1 atom stereocenters. The van der Waals surface area contributed by atoms with Crippen LogP contribution in [0.25, 0.3) is 0 Å². The predicted molar refractivity (Wildman–Crippen MR) is 59.6 cm³/mol. The third kappa shape index (κ3) is 2.35. The Kier molecular flexibility index (Phi) is 3.02. The molecule has 1 aliphatic rings. The summed E-state index contributed by atoms with van der Waals surface area (Å²) in [5.74, 6) is -0.254. The van der Waals surface area contributed by atoms with E-state index < -0.39 is 0 Å². The highest BCUT2D eigenvalue weighted by atomic mass is 32.1. The Morgan fingerprint density at radius 1 is 1.80 bits per heavy atom. The molecule has 0 spiro atoms. The van der Waals surface area contributed by atoms with Crippen molar-refractivity contribution >= 4 is 17.2 Å². The Hall–Kier alpha value is -0.940. The van der Waals surface area contributed by atoms with E-state index in [0.29, 0.717) is 12.6 Å². The van der Waals surface area contributed by atoms with Gasteiger partial charge in [0, 0.05) is 11.1 Å². The van der Waals surface area contributed by atoms with Crippen LogP contribution in [-0.2, 0) is 4.79 Å². The molecule has 2 N–H and O–H groups in total. The fourth-order valence-corrected chi connectivity index (χ4v) is 2.99. The van der Waals surface area contributed by atoms with Crippen LogP contribution in [0.4, 0.5) is 0 Å². The maximum atomic E-state index is 10.9. The molecular formula is C10H15N3OS. The Bertz CT molecular complexity index is 363. The van der Waals surface area contributed by atoms with Crippen molar-refractivity contribution in [1.82, 2.24) is 9.88 Å². The van der Waals surface area contributed by atoms with Crippen LogP contribution in [0.3, 0.4) is 0 Å². The number of hydrogen-bond acceptors (Lipinski definition) is 4. The first-order valence-corrected chi connectivity index (χ1v) is 5.99. The van der Waals surface area contributed by atoms with Crippen molar-refractivity contribution in [2.45, 2.75) is 25.8 Å². The molecule has 0 bridgehead atoms. The molecule has 0 saturated carbocycles. The second-order valence-corrected chi connectivity index (χ2v) is 4.81. The van der Waals surface area contributed by atoms with Crippen LogP contribution in [0.2, 0.25) is 0 Å². The van der Waals surface area contributed by atoms with E-state index in [-0.39, 0.29) is 5.91 Å². The molecule has 5 heteroatoms. The van der Waals surface area contributed by atoms with Gasteiger partial charge < -0.3 is 5.73 Å². The first-order chi connectivity index (χ1) is 7.16.